The molecular weight excluding hydrogens is 412 g/mol. The van der Waals surface area contributed by atoms with Gasteiger partial charge in [0.25, 0.3) is 0 Å². The lowest BCUT2D eigenvalue weighted by molar-refractivity contribution is -0.147. The summed E-state index contributed by atoms with van der Waals surface area (Å²) < 4.78 is 15.4. The normalized spacial score (nSPS) is 11.1. The van der Waals surface area contributed by atoms with E-state index in [1.165, 1.54) is 4.90 Å². The zero-order valence-electron chi connectivity index (χ0n) is 18.3. The summed E-state index contributed by atoms with van der Waals surface area (Å²) in [5.41, 5.74) is 1.17. The maximum absolute atomic E-state index is 12.6. The number of fused-ring (bicyclic) bond motifs is 1. The number of hydrogen-bond donors (Lipinski definition) is 1. The molecule has 0 aliphatic rings. The third-order valence-corrected chi connectivity index (χ3v) is 4.68. The summed E-state index contributed by atoms with van der Waals surface area (Å²) in [6.07, 6.45) is -0.793. The highest BCUT2D eigenvalue weighted by molar-refractivity contribution is 5.94. The molecule has 0 bridgehead atoms. The van der Waals surface area contributed by atoms with Crippen molar-refractivity contribution in [2.75, 3.05) is 13.3 Å². The van der Waals surface area contributed by atoms with Gasteiger partial charge in [0.05, 0.1) is 0 Å². The van der Waals surface area contributed by atoms with Crippen molar-refractivity contribution in [1.29, 1.82) is 0 Å². The van der Waals surface area contributed by atoms with Crippen LogP contribution >= 0.6 is 0 Å². The van der Waals surface area contributed by atoms with E-state index in [1.54, 1.807) is 26.8 Å². The van der Waals surface area contributed by atoms with Crippen molar-refractivity contribution >= 4 is 28.9 Å². The van der Waals surface area contributed by atoms with Crippen LogP contribution in [-0.2, 0) is 25.6 Å². The number of hydrogen-bond acceptors (Lipinski definition) is 6. The van der Waals surface area contributed by atoms with Crippen molar-refractivity contribution in [2.45, 2.75) is 32.9 Å². The number of esters is 2. The molecule has 1 heterocycles. The number of carbonyl (C=O) groups is 3. The first-order valence-electron chi connectivity index (χ1n) is 10.1. The quantitative estimate of drug-likeness (QED) is 0.437. The smallest absolute Gasteiger partial charge is 0.413 e. The van der Waals surface area contributed by atoms with Crippen LogP contribution < -0.4 is 0 Å². The molecule has 0 aliphatic carbocycles. The second-order valence-electron chi connectivity index (χ2n) is 8.13. The molecule has 2 aromatic carbocycles. The van der Waals surface area contributed by atoms with Crippen LogP contribution in [0.15, 0.2) is 60.7 Å². The highest BCUT2D eigenvalue weighted by Gasteiger charge is 2.30. The monoisotopic (exact) mass is 438 g/mol. The topological polar surface area (TPSA) is 97.9 Å². The fourth-order valence-corrected chi connectivity index (χ4v) is 2.96. The minimum absolute atomic E-state index is 0.106. The van der Waals surface area contributed by atoms with Gasteiger partial charge in [-0.25, -0.2) is 9.59 Å². The lowest BCUT2D eigenvalue weighted by Gasteiger charge is -2.33. The number of nitrogens with zero attached hydrogens (tertiary/aromatic N) is 1. The van der Waals surface area contributed by atoms with Crippen LogP contribution in [0.2, 0.25) is 0 Å². The van der Waals surface area contributed by atoms with Gasteiger partial charge in [-0.3, -0.25) is 9.69 Å². The molecule has 8 heteroatoms. The number of H-pyrrole nitrogens is 1. The Morgan fingerprint density at radius 2 is 1.59 bits per heavy atom. The molecule has 1 amide bonds. The molecule has 8 nitrogen and oxygen atoms in total. The summed E-state index contributed by atoms with van der Waals surface area (Å²) in [6.45, 7) is 4.50. The van der Waals surface area contributed by atoms with Gasteiger partial charge in [0.15, 0.2) is 0 Å². The largest absolute Gasteiger partial charge is 0.459 e. The average molecular weight is 438 g/mol. The molecule has 0 saturated carbocycles. The van der Waals surface area contributed by atoms with Crippen LogP contribution in [0.1, 0.15) is 36.8 Å². The van der Waals surface area contributed by atoms with E-state index in [-0.39, 0.29) is 18.8 Å². The molecule has 3 aromatic rings. The van der Waals surface area contributed by atoms with E-state index in [2.05, 4.69) is 4.98 Å². The lowest BCUT2D eigenvalue weighted by Crippen LogP contribution is -2.49. The Morgan fingerprint density at radius 1 is 0.906 bits per heavy atom. The van der Waals surface area contributed by atoms with Gasteiger partial charge in [0.2, 0.25) is 6.79 Å². The van der Waals surface area contributed by atoms with Crippen LogP contribution in [0.25, 0.3) is 10.9 Å². The van der Waals surface area contributed by atoms with E-state index in [9.17, 15) is 14.4 Å². The minimum Gasteiger partial charge on any atom is -0.459 e. The lowest BCUT2D eigenvalue weighted by atomic mass is 10.1. The number of benzene rings is 2. The Hall–Kier alpha value is -3.81. The standard InChI is InChI=1S/C24H26N2O6/c1-24(2,3)26(14-21(27)30-15-17-9-5-4-6-10-17)23(29)32-16-31-22(28)20-13-18-11-7-8-12-19(18)25-20/h4-13,25H,14-16H2,1-3H3. The molecule has 0 unspecified atom stereocenters. The molecule has 0 radical (unpaired) electrons. The number of aromatic amines is 1. The molecule has 3 rings (SSSR count). The predicted octanol–water partition coefficient (Wildman–Crippen LogP) is 4.26. The third-order valence-electron chi connectivity index (χ3n) is 4.68. The number of aromatic nitrogens is 1. The maximum atomic E-state index is 12.6. The highest BCUT2D eigenvalue weighted by atomic mass is 16.7. The molecule has 32 heavy (non-hydrogen) atoms. The summed E-state index contributed by atoms with van der Waals surface area (Å²) in [6, 6.07) is 18.3. The average Bonchev–Trinajstić information content (AvgIpc) is 3.20. The zero-order valence-corrected chi connectivity index (χ0v) is 18.3. The SMILES string of the molecule is CC(C)(C)N(CC(=O)OCc1ccccc1)C(=O)OCOC(=O)c1cc2ccccc2[nH]1. The fourth-order valence-electron chi connectivity index (χ4n) is 2.96. The first-order valence-corrected chi connectivity index (χ1v) is 10.1. The Morgan fingerprint density at radius 3 is 2.28 bits per heavy atom. The van der Waals surface area contributed by atoms with Gasteiger partial charge in [0, 0.05) is 16.4 Å². The molecule has 1 N–H and O–H groups in total. The molecule has 0 saturated heterocycles. The Bertz CT molecular complexity index is 1050. The number of nitrogens with one attached hydrogen (secondary N) is 1. The van der Waals surface area contributed by atoms with E-state index in [4.69, 9.17) is 14.2 Å². The summed E-state index contributed by atoms with van der Waals surface area (Å²) >= 11 is 0. The first-order chi connectivity index (χ1) is 15.2. The van der Waals surface area contributed by atoms with Gasteiger partial charge in [0.1, 0.15) is 18.8 Å². The highest BCUT2D eigenvalue weighted by Crippen LogP contribution is 2.17. The molecule has 0 atom stereocenters. The van der Waals surface area contributed by atoms with Crippen molar-refractivity contribution < 1.29 is 28.6 Å². The van der Waals surface area contributed by atoms with Crippen molar-refractivity contribution in [1.82, 2.24) is 9.88 Å². The van der Waals surface area contributed by atoms with Crippen molar-refractivity contribution in [3.63, 3.8) is 0 Å². The molecule has 1 aromatic heterocycles. The van der Waals surface area contributed by atoms with Crippen LogP contribution in [-0.4, -0.2) is 46.8 Å². The number of rotatable bonds is 7. The predicted molar refractivity (Wildman–Crippen MR) is 118 cm³/mol. The van der Waals surface area contributed by atoms with Crippen molar-refractivity contribution in [3.05, 3.63) is 71.9 Å². The molecular formula is C24H26N2O6. The minimum atomic E-state index is -0.793. The van der Waals surface area contributed by atoms with E-state index in [0.717, 1.165) is 16.5 Å². The summed E-state index contributed by atoms with van der Waals surface area (Å²) in [5, 5.41) is 0.865. The number of ether oxygens (including phenoxy) is 3. The Balaban J connectivity index is 1.51. The molecule has 168 valence electrons. The zero-order chi connectivity index (χ0) is 23.1. The van der Waals surface area contributed by atoms with Crippen molar-refractivity contribution in [2.24, 2.45) is 0 Å². The van der Waals surface area contributed by atoms with Gasteiger partial charge >= 0.3 is 18.0 Å². The van der Waals surface area contributed by atoms with Crippen LogP contribution in [0.5, 0.6) is 0 Å². The first kappa shape index (κ1) is 22.9. The van der Waals surface area contributed by atoms with Crippen LogP contribution in [0.4, 0.5) is 4.79 Å². The number of amides is 1. The van der Waals surface area contributed by atoms with Gasteiger partial charge < -0.3 is 19.2 Å². The molecule has 0 spiro atoms. The Kier molecular flexibility index (Phi) is 7.14. The third kappa shape index (κ3) is 6.10. The second-order valence-corrected chi connectivity index (χ2v) is 8.13. The number of carbonyl (C=O) groups excluding carboxylic acids is 3. The van der Waals surface area contributed by atoms with E-state index >= 15 is 0 Å². The van der Waals surface area contributed by atoms with Crippen LogP contribution in [0, 0.1) is 0 Å². The van der Waals surface area contributed by atoms with Gasteiger partial charge in [-0.15, -0.1) is 0 Å². The van der Waals surface area contributed by atoms with Crippen molar-refractivity contribution in [3.8, 4) is 0 Å². The van der Waals surface area contributed by atoms with Gasteiger partial charge in [-0.1, -0.05) is 48.5 Å². The van der Waals surface area contributed by atoms with E-state index in [1.807, 2.05) is 54.6 Å². The summed E-state index contributed by atoms with van der Waals surface area (Å²) in [4.78, 5) is 41.2. The number of para-hydroxylation sites is 1. The van der Waals surface area contributed by atoms with Crippen LogP contribution in [0.3, 0.4) is 0 Å². The fraction of sp³-hybridized carbons (Fsp3) is 0.292. The maximum Gasteiger partial charge on any atom is 0.413 e. The molecule has 0 fully saturated rings. The van der Waals surface area contributed by atoms with Gasteiger partial charge in [-0.05, 0) is 38.5 Å². The summed E-state index contributed by atoms with van der Waals surface area (Å²) in [5.74, 6) is -1.23. The second kappa shape index (κ2) is 10.00. The van der Waals surface area contributed by atoms with E-state index in [0.29, 0.717) is 0 Å². The summed E-state index contributed by atoms with van der Waals surface area (Å²) in [7, 11) is 0. The molecule has 0 aliphatic heterocycles. The van der Waals surface area contributed by atoms with E-state index < -0.39 is 30.4 Å². The Labute approximate surface area is 186 Å². The van der Waals surface area contributed by atoms with Gasteiger partial charge in [-0.2, -0.15) is 0 Å².